The fraction of sp³-hybridized carbons (Fsp3) is 0.500. The maximum absolute atomic E-state index is 3.79. The van der Waals surface area contributed by atoms with E-state index < -0.39 is 0 Å². The standard InChI is InChI=1S/C12H18S/c1-5-10-8-9-11(13-10)12(4,6-2)7-3/h5,8-9H,1,6-7H2,2-4H3. The molecule has 0 N–H and O–H groups in total. The Kier molecular flexibility index (Phi) is 3.32. The smallest absolute Gasteiger partial charge is 0.0267 e. The Hall–Kier alpha value is -0.560. The molecule has 0 aliphatic rings. The Bertz CT molecular complexity index is 279. The number of rotatable bonds is 4. The van der Waals surface area contributed by atoms with Crippen LogP contribution in [0.2, 0.25) is 0 Å². The summed E-state index contributed by atoms with van der Waals surface area (Å²) in [5.41, 5.74) is 0.367. The molecule has 0 atom stereocenters. The van der Waals surface area contributed by atoms with Gasteiger partial charge >= 0.3 is 0 Å². The van der Waals surface area contributed by atoms with Crippen LogP contribution >= 0.6 is 11.3 Å². The highest BCUT2D eigenvalue weighted by Crippen LogP contribution is 2.35. The van der Waals surface area contributed by atoms with Gasteiger partial charge in [0, 0.05) is 15.2 Å². The maximum atomic E-state index is 3.79. The molecule has 0 aromatic carbocycles. The van der Waals surface area contributed by atoms with E-state index in [0.717, 1.165) is 0 Å². The Morgan fingerprint density at radius 1 is 1.38 bits per heavy atom. The predicted molar refractivity (Wildman–Crippen MR) is 62.3 cm³/mol. The summed E-state index contributed by atoms with van der Waals surface area (Å²) < 4.78 is 0. The van der Waals surface area contributed by atoms with Crippen molar-refractivity contribution in [3.63, 3.8) is 0 Å². The molecule has 0 bridgehead atoms. The van der Waals surface area contributed by atoms with Crippen LogP contribution in [0.3, 0.4) is 0 Å². The summed E-state index contributed by atoms with van der Waals surface area (Å²) in [6, 6.07) is 4.41. The molecule has 0 fully saturated rings. The van der Waals surface area contributed by atoms with Gasteiger partial charge in [-0.3, -0.25) is 0 Å². The van der Waals surface area contributed by atoms with Crippen LogP contribution in [0.25, 0.3) is 6.08 Å². The first kappa shape index (κ1) is 10.5. The zero-order chi connectivity index (χ0) is 9.90. The van der Waals surface area contributed by atoms with Crippen molar-refractivity contribution in [2.75, 3.05) is 0 Å². The van der Waals surface area contributed by atoms with Gasteiger partial charge in [0.05, 0.1) is 0 Å². The van der Waals surface area contributed by atoms with Crippen LogP contribution in [0.5, 0.6) is 0 Å². The van der Waals surface area contributed by atoms with E-state index in [9.17, 15) is 0 Å². The second-order valence-corrected chi connectivity index (χ2v) is 4.79. The molecule has 1 heteroatoms. The fourth-order valence-electron chi connectivity index (χ4n) is 1.39. The molecule has 72 valence electrons. The van der Waals surface area contributed by atoms with E-state index >= 15 is 0 Å². The Labute approximate surface area is 85.3 Å². The highest BCUT2D eigenvalue weighted by Gasteiger charge is 2.23. The van der Waals surface area contributed by atoms with Crippen molar-refractivity contribution < 1.29 is 0 Å². The van der Waals surface area contributed by atoms with E-state index in [1.165, 1.54) is 22.6 Å². The minimum Gasteiger partial charge on any atom is -0.140 e. The van der Waals surface area contributed by atoms with Gasteiger partial charge in [0.2, 0.25) is 0 Å². The first-order valence-electron chi connectivity index (χ1n) is 4.89. The molecule has 1 rings (SSSR count). The fourth-order valence-corrected chi connectivity index (χ4v) is 2.53. The summed E-state index contributed by atoms with van der Waals surface area (Å²) in [4.78, 5) is 2.77. The lowest BCUT2D eigenvalue weighted by Crippen LogP contribution is -2.17. The lowest BCUT2D eigenvalue weighted by molar-refractivity contribution is 0.448. The minimum absolute atomic E-state index is 0.367. The van der Waals surface area contributed by atoms with Crippen LogP contribution in [0.1, 0.15) is 43.4 Å². The maximum Gasteiger partial charge on any atom is 0.0267 e. The molecule has 0 spiro atoms. The van der Waals surface area contributed by atoms with E-state index in [-0.39, 0.29) is 0 Å². The SMILES string of the molecule is C=Cc1ccc(C(C)(CC)CC)s1. The second kappa shape index (κ2) is 4.10. The van der Waals surface area contributed by atoms with Gasteiger partial charge in [-0.2, -0.15) is 0 Å². The van der Waals surface area contributed by atoms with E-state index in [4.69, 9.17) is 0 Å². The van der Waals surface area contributed by atoms with Crippen molar-refractivity contribution in [3.05, 3.63) is 28.5 Å². The average molecular weight is 194 g/mol. The zero-order valence-electron chi connectivity index (χ0n) is 8.76. The molecule has 1 aromatic rings. The third-order valence-corrected chi connectivity index (χ3v) is 4.37. The summed E-state index contributed by atoms with van der Waals surface area (Å²) in [5.74, 6) is 0. The van der Waals surface area contributed by atoms with Gasteiger partial charge in [0.15, 0.2) is 0 Å². The van der Waals surface area contributed by atoms with Gasteiger partial charge in [0.1, 0.15) is 0 Å². The van der Waals surface area contributed by atoms with Crippen LogP contribution in [-0.2, 0) is 5.41 Å². The van der Waals surface area contributed by atoms with Crippen molar-refractivity contribution >= 4 is 17.4 Å². The van der Waals surface area contributed by atoms with Gasteiger partial charge in [-0.1, -0.05) is 33.4 Å². The molecule has 0 nitrogen and oxygen atoms in total. The van der Waals surface area contributed by atoms with Gasteiger partial charge in [0.25, 0.3) is 0 Å². The van der Waals surface area contributed by atoms with Crippen molar-refractivity contribution in [1.29, 1.82) is 0 Å². The number of hydrogen-bond donors (Lipinski definition) is 0. The first-order chi connectivity index (χ1) is 6.16. The molecule has 0 radical (unpaired) electrons. The Balaban J connectivity index is 2.98. The van der Waals surface area contributed by atoms with Gasteiger partial charge in [-0.05, 0) is 25.0 Å². The van der Waals surface area contributed by atoms with E-state index in [2.05, 4.69) is 39.5 Å². The third kappa shape index (κ3) is 2.02. The zero-order valence-corrected chi connectivity index (χ0v) is 9.58. The number of hydrogen-bond acceptors (Lipinski definition) is 1. The van der Waals surface area contributed by atoms with Crippen molar-refractivity contribution in [1.82, 2.24) is 0 Å². The van der Waals surface area contributed by atoms with E-state index in [1.54, 1.807) is 0 Å². The second-order valence-electron chi connectivity index (χ2n) is 3.67. The predicted octanol–water partition coefficient (Wildman–Crippen LogP) is 4.47. The molecular weight excluding hydrogens is 176 g/mol. The summed E-state index contributed by atoms with van der Waals surface area (Å²) in [7, 11) is 0. The summed E-state index contributed by atoms with van der Waals surface area (Å²) in [6.07, 6.45) is 4.35. The highest BCUT2D eigenvalue weighted by molar-refractivity contribution is 7.13. The normalized spacial score (nSPS) is 11.6. The Morgan fingerprint density at radius 2 is 2.00 bits per heavy atom. The molecule has 0 amide bonds. The summed E-state index contributed by atoms with van der Waals surface area (Å²) in [5, 5.41) is 0. The molecule has 0 saturated heterocycles. The average Bonchev–Trinajstić information content (AvgIpc) is 2.65. The molecule has 13 heavy (non-hydrogen) atoms. The number of thiophene rings is 1. The topological polar surface area (TPSA) is 0 Å². The first-order valence-corrected chi connectivity index (χ1v) is 5.70. The molecule has 0 unspecified atom stereocenters. The van der Waals surface area contributed by atoms with Crippen LogP contribution in [0.15, 0.2) is 18.7 Å². The van der Waals surface area contributed by atoms with Gasteiger partial charge in [-0.15, -0.1) is 11.3 Å². The molecule has 0 saturated carbocycles. The van der Waals surface area contributed by atoms with E-state index in [0.29, 0.717) is 5.41 Å². The molecule has 0 aliphatic heterocycles. The van der Waals surface area contributed by atoms with Crippen molar-refractivity contribution in [2.45, 2.75) is 39.0 Å². The lowest BCUT2D eigenvalue weighted by atomic mass is 9.83. The van der Waals surface area contributed by atoms with Crippen LogP contribution in [0.4, 0.5) is 0 Å². The highest BCUT2D eigenvalue weighted by atomic mass is 32.1. The van der Waals surface area contributed by atoms with Gasteiger partial charge < -0.3 is 0 Å². The third-order valence-electron chi connectivity index (χ3n) is 2.98. The Morgan fingerprint density at radius 3 is 2.38 bits per heavy atom. The molecular formula is C12H18S. The van der Waals surface area contributed by atoms with Crippen LogP contribution < -0.4 is 0 Å². The monoisotopic (exact) mass is 194 g/mol. The quantitative estimate of drug-likeness (QED) is 0.663. The van der Waals surface area contributed by atoms with Crippen molar-refractivity contribution in [2.24, 2.45) is 0 Å². The largest absolute Gasteiger partial charge is 0.140 e. The summed E-state index contributed by atoms with van der Waals surface area (Å²) in [6.45, 7) is 10.6. The lowest BCUT2D eigenvalue weighted by Gasteiger charge is -2.24. The van der Waals surface area contributed by atoms with Crippen molar-refractivity contribution in [3.8, 4) is 0 Å². The summed E-state index contributed by atoms with van der Waals surface area (Å²) >= 11 is 1.87. The molecule has 1 heterocycles. The van der Waals surface area contributed by atoms with E-state index in [1.807, 2.05) is 17.4 Å². The van der Waals surface area contributed by atoms with Crippen LogP contribution in [-0.4, -0.2) is 0 Å². The minimum atomic E-state index is 0.367. The molecule has 0 aliphatic carbocycles. The molecule has 1 aromatic heterocycles. The van der Waals surface area contributed by atoms with Crippen LogP contribution in [0, 0.1) is 0 Å². The van der Waals surface area contributed by atoms with Gasteiger partial charge in [-0.25, -0.2) is 0 Å².